The Morgan fingerprint density at radius 1 is 1.45 bits per heavy atom. The van der Waals surface area contributed by atoms with E-state index >= 15 is 0 Å². The van der Waals surface area contributed by atoms with Gasteiger partial charge in [-0.3, -0.25) is 9.59 Å². The van der Waals surface area contributed by atoms with E-state index in [9.17, 15) is 14.0 Å². The molecular formula is C14H17FN2O2S. The van der Waals surface area contributed by atoms with Crippen molar-refractivity contribution in [2.75, 3.05) is 26.4 Å². The molecule has 0 spiro atoms. The maximum Gasteiger partial charge on any atom is 0.233 e. The molecule has 2 rings (SSSR count). The normalized spacial score (nSPS) is 18.4. The molecule has 2 amide bonds. The number of carbonyl (C=O) groups excluding carboxylic acids is 2. The number of nitrogens with zero attached hydrogens (tertiary/aromatic N) is 2. The number of thioether (sulfide) groups is 1. The number of halogens is 1. The molecule has 1 atom stereocenters. The largest absolute Gasteiger partial charge is 0.349 e. The third kappa shape index (κ3) is 3.12. The van der Waals surface area contributed by atoms with Crippen LogP contribution >= 0.6 is 11.8 Å². The highest BCUT2D eigenvalue weighted by molar-refractivity contribution is 8.00. The van der Waals surface area contributed by atoms with E-state index in [2.05, 4.69) is 0 Å². The molecule has 1 fully saturated rings. The van der Waals surface area contributed by atoms with Gasteiger partial charge in [0.25, 0.3) is 0 Å². The molecular weight excluding hydrogens is 279 g/mol. The molecule has 1 aromatic carbocycles. The molecule has 6 heteroatoms. The van der Waals surface area contributed by atoms with Gasteiger partial charge in [0.2, 0.25) is 11.8 Å². The lowest BCUT2D eigenvalue weighted by Gasteiger charge is -2.24. The van der Waals surface area contributed by atoms with E-state index in [1.807, 2.05) is 0 Å². The van der Waals surface area contributed by atoms with Gasteiger partial charge in [-0.15, -0.1) is 11.8 Å². The monoisotopic (exact) mass is 296 g/mol. The second-order valence-corrected chi connectivity index (χ2v) is 5.88. The Kier molecular flexibility index (Phi) is 4.65. The molecule has 0 saturated carbocycles. The summed E-state index contributed by atoms with van der Waals surface area (Å²) in [6.07, 6.45) is 0.254. The van der Waals surface area contributed by atoms with Gasteiger partial charge in [-0.2, -0.15) is 0 Å². The van der Waals surface area contributed by atoms with Crippen molar-refractivity contribution >= 4 is 23.6 Å². The molecule has 1 aromatic rings. The van der Waals surface area contributed by atoms with E-state index in [1.165, 1.54) is 22.7 Å². The van der Waals surface area contributed by atoms with Crippen LogP contribution in [0, 0.1) is 5.82 Å². The summed E-state index contributed by atoms with van der Waals surface area (Å²) >= 11 is 1.40. The molecule has 0 aliphatic carbocycles. The molecule has 4 nitrogen and oxygen atoms in total. The molecule has 1 aliphatic rings. The Labute approximate surface area is 121 Å². The van der Waals surface area contributed by atoms with Crippen molar-refractivity contribution < 1.29 is 14.0 Å². The van der Waals surface area contributed by atoms with Gasteiger partial charge in [-0.25, -0.2) is 4.39 Å². The van der Waals surface area contributed by atoms with E-state index in [4.69, 9.17) is 0 Å². The van der Waals surface area contributed by atoms with E-state index in [-0.39, 0.29) is 29.4 Å². The first kappa shape index (κ1) is 14.8. The first-order valence-corrected chi connectivity index (χ1v) is 7.41. The Morgan fingerprint density at radius 2 is 2.15 bits per heavy atom. The summed E-state index contributed by atoms with van der Waals surface area (Å²) < 4.78 is 13.8. The predicted octanol–water partition coefficient (Wildman–Crippen LogP) is 1.88. The van der Waals surface area contributed by atoms with Crippen LogP contribution in [0.2, 0.25) is 0 Å². The van der Waals surface area contributed by atoms with Crippen molar-refractivity contribution in [3.63, 3.8) is 0 Å². The third-order valence-corrected chi connectivity index (χ3v) is 4.44. The van der Waals surface area contributed by atoms with Crippen LogP contribution in [-0.4, -0.2) is 48.0 Å². The van der Waals surface area contributed by atoms with Gasteiger partial charge in [0.15, 0.2) is 0 Å². The second kappa shape index (κ2) is 6.26. The van der Waals surface area contributed by atoms with Crippen LogP contribution in [0.5, 0.6) is 0 Å². The molecule has 1 saturated heterocycles. The average Bonchev–Trinajstić information content (AvgIpc) is 2.77. The van der Waals surface area contributed by atoms with Gasteiger partial charge in [0, 0.05) is 32.6 Å². The lowest BCUT2D eigenvalue weighted by atomic mass is 10.2. The first-order chi connectivity index (χ1) is 9.50. The van der Waals surface area contributed by atoms with Crippen molar-refractivity contribution in [1.82, 2.24) is 9.80 Å². The Morgan fingerprint density at radius 3 is 2.80 bits per heavy atom. The molecule has 0 unspecified atom stereocenters. The van der Waals surface area contributed by atoms with Gasteiger partial charge < -0.3 is 9.80 Å². The highest BCUT2D eigenvalue weighted by Gasteiger charge is 2.34. The molecule has 108 valence electrons. The lowest BCUT2D eigenvalue weighted by Crippen LogP contribution is -2.33. The van der Waals surface area contributed by atoms with Crippen molar-refractivity contribution in [3.8, 4) is 0 Å². The number of amides is 2. The lowest BCUT2D eigenvalue weighted by molar-refractivity contribution is -0.131. The predicted molar refractivity (Wildman–Crippen MR) is 76.6 cm³/mol. The number of hydrogen-bond acceptors (Lipinski definition) is 3. The summed E-state index contributed by atoms with van der Waals surface area (Å²) in [5.74, 6) is -0.0739. The summed E-state index contributed by atoms with van der Waals surface area (Å²) in [6, 6.07) is 6.46. The summed E-state index contributed by atoms with van der Waals surface area (Å²) in [6.45, 7) is 0.321. The van der Waals surface area contributed by atoms with Gasteiger partial charge in [0.05, 0.1) is 5.75 Å². The van der Waals surface area contributed by atoms with Crippen molar-refractivity contribution in [3.05, 3.63) is 35.6 Å². The van der Waals surface area contributed by atoms with Crippen LogP contribution in [0.3, 0.4) is 0 Å². The molecule has 0 aromatic heterocycles. The summed E-state index contributed by atoms with van der Waals surface area (Å²) in [4.78, 5) is 26.6. The SMILES string of the molecule is CN(C)C(=O)CCN1C(=O)CS[C@H]1c1ccccc1F. The van der Waals surface area contributed by atoms with E-state index in [1.54, 1.807) is 37.2 Å². The molecule has 1 aliphatic heterocycles. The molecule has 0 bridgehead atoms. The fraction of sp³-hybridized carbons (Fsp3) is 0.429. The highest BCUT2D eigenvalue weighted by Crippen LogP contribution is 2.39. The fourth-order valence-corrected chi connectivity index (χ4v) is 3.31. The first-order valence-electron chi connectivity index (χ1n) is 6.36. The van der Waals surface area contributed by atoms with Crippen molar-refractivity contribution in [1.29, 1.82) is 0 Å². The van der Waals surface area contributed by atoms with Crippen molar-refractivity contribution in [2.24, 2.45) is 0 Å². The van der Waals surface area contributed by atoms with E-state index < -0.39 is 0 Å². The number of hydrogen-bond donors (Lipinski definition) is 0. The Balaban J connectivity index is 2.11. The Bertz CT molecular complexity index is 522. The van der Waals surface area contributed by atoms with Crippen molar-refractivity contribution in [2.45, 2.75) is 11.8 Å². The zero-order valence-corrected chi connectivity index (χ0v) is 12.3. The topological polar surface area (TPSA) is 40.6 Å². The van der Waals surface area contributed by atoms with Crippen LogP contribution in [0.1, 0.15) is 17.4 Å². The van der Waals surface area contributed by atoms with Crippen LogP contribution in [0.25, 0.3) is 0 Å². The Hall–Kier alpha value is -1.56. The van der Waals surface area contributed by atoms with Gasteiger partial charge >= 0.3 is 0 Å². The maximum atomic E-state index is 13.8. The molecule has 1 heterocycles. The smallest absolute Gasteiger partial charge is 0.233 e. The average molecular weight is 296 g/mol. The third-order valence-electron chi connectivity index (χ3n) is 3.20. The van der Waals surface area contributed by atoms with Gasteiger partial charge in [-0.1, -0.05) is 18.2 Å². The minimum absolute atomic E-state index is 0.0398. The number of rotatable bonds is 4. The van der Waals surface area contributed by atoms with E-state index in [0.717, 1.165) is 0 Å². The highest BCUT2D eigenvalue weighted by atomic mass is 32.2. The summed E-state index contributed by atoms with van der Waals surface area (Å²) in [5, 5.41) is -0.335. The number of carbonyl (C=O) groups is 2. The summed E-state index contributed by atoms with van der Waals surface area (Å²) in [5.41, 5.74) is 0.501. The maximum absolute atomic E-state index is 13.8. The van der Waals surface area contributed by atoms with Crippen LogP contribution in [0.4, 0.5) is 4.39 Å². The zero-order valence-electron chi connectivity index (χ0n) is 11.5. The molecule has 0 radical (unpaired) electrons. The van der Waals surface area contributed by atoms with Crippen LogP contribution in [-0.2, 0) is 9.59 Å². The zero-order chi connectivity index (χ0) is 14.7. The van der Waals surface area contributed by atoms with Crippen LogP contribution in [0.15, 0.2) is 24.3 Å². The summed E-state index contributed by atoms with van der Waals surface area (Å²) in [7, 11) is 3.36. The quantitative estimate of drug-likeness (QED) is 0.852. The second-order valence-electron chi connectivity index (χ2n) is 4.81. The minimum atomic E-state index is -0.335. The van der Waals surface area contributed by atoms with E-state index in [0.29, 0.717) is 17.9 Å². The molecule has 0 N–H and O–H groups in total. The fourth-order valence-electron chi connectivity index (χ4n) is 2.07. The van der Waals surface area contributed by atoms with Gasteiger partial charge in [-0.05, 0) is 6.07 Å². The van der Waals surface area contributed by atoms with Crippen LogP contribution < -0.4 is 0 Å². The molecule has 20 heavy (non-hydrogen) atoms. The number of benzene rings is 1. The van der Waals surface area contributed by atoms with Gasteiger partial charge in [0.1, 0.15) is 11.2 Å². The minimum Gasteiger partial charge on any atom is -0.349 e. The standard InChI is InChI=1S/C14H17FN2O2S/c1-16(2)12(18)7-8-17-13(19)9-20-14(17)10-5-3-4-6-11(10)15/h3-6,14H,7-9H2,1-2H3/t14-/m0/s1.